The van der Waals surface area contributed by atoms with Gasteiger partial charge in [-0.3, -0.25) is 0 Å². The minimum atomic E-state index is -5.11. The summed E-state index contributed by atoms with van der Waals surface area (Å²) < 4.78 is 76.6. The zero-order chi connectivity index (χ0) is 13.1. The van der Waals surface area contributed by atoms with Gasteiger partial charge in [0.2, 0.25) is 6.17 Å². The number of rotatable bonds is 5. The Morgan fingerprint density at radius 3 is 2.00 bits per heavy atom. The SMILES string of the molecule is C=C(C)C(=O)OC(F)C(F)(F)C(F)C(F)F.[H-].[Na+]. The molecule has 0 N–H and O–H groups in total. The maximum Gasteiger partial charge on any atom is 1.00 e. The first-order valence-corrected chi connectivity index (χ1v) is 3.91. The zero-order valence-corrected chi connectivity index (χ0v) is 11.0. The van der Waals surface area contributed by atoms with E-state index in [1.807, 2.05) is 0 Å². The van der Waals surface area contributed by atoms with Crippen molar-refractivity contribution in [1.29, 1.82) is 0 Å². The fourth-order valence-corrected chi connectivity index (χ4v) is 0.566. The molecule has 9 heteroatoms. The predicted octanol–water partition coefficient (Wildman–Crippen LogP) is -0.244. The van der Waals surface area contributed by atoms with Crippen LogP contribution in [-0.2, 0) is 9.53 Å². The summed E-state index contributed by atoms with van der Waals surface area (Å²) in [7, 11) is 0. The average Bonchev–Trinajstić information content (AvgIpc) is 2.15. The number of halogens is 6. The molecule has 0 aromatic rings. The van der Waals surface area contributed by atoms with Gasteiger partial charge in [0.1, 0.15) is 0 Å². The minimum Gasteiger partial charge on any atom is -1.00 e. The molecule has 0 heterocycles. The standard InChI is InChI=1S/C8H8F6O2.Na.H/c1-3(2)6(15)16-7(12)8(13,14)4(9)5(10)11;;/h4-5,7H,1H2,2H3;;/q;+1;-1. The van der Waals surface area contributed by atoms with E-state index < -0.39 is 36.4 Å². The van der Waals surface area contributed by atoms with Crippen LogP contribution in [0.4, 0.5) is 26.3 Å². The fraction of sp³-hybridized carbons (Fsp3) is 0.625. The molecule has 0 saturated carbocycles. The Labute approximate surface area is 117 Å². The molecular weight excluding hydrogens is 265 g/mol. The molecular formula is C8H9F6NaO2. The summed E-state index contributed by atoms with van der Waals surface area (Å²) in [6.45, 7) is 3.96. The van der Waals surface area contributed by atoms with E-state index in [-0.39, 0.29) is 31.0 Å². The summed E-state index contributed by atoms with van der Waals surface area (Å²) in [5.41, 5.74) is -0.425. The van der Waals surface area contributed by atoms with Crippen LogP contribution in [-0.4, -0.2) is 30.8 Å². The molecule has 0 aromatic heterocycles. The second kappa shape index (κ2) is 7.27. The van der Waals surface area contributed by atoms with Crippen molar-refractivity contribution >= 4 is 5.97 Å². The molecule has 0 spiro atoms. The first-order chi connectivity index (χ1) is 7.10. The number of carbonyl (C=O) groups excluding carboxylic acids is 1. The van der Waals surface area contributed by atoms with E-state index in [0.29, 0.717) is 0 Å². The van der Waals surface area contributed by atoms with Gasteiger partial charge in [-0.15, -0.1) is 0 Å². The second-order valence-corrected chi connectivity index (χ2v) is 2.91. The van der Waals surface area contributed by atoms with Crippen molar-refractivity contribution in [2.24, 2.45) is 0 Å². The van der Waals surface area contributed by atoms with Crippen molar-refractivity contribution in [1.82, 2.24) is 0 Å². The summed E-state index contributed by atoms with van der Waals surface area (Å²) in [6, 6.07) is 0. The molecule has 0 amide bonds. The smallest absolute Gasteiger partial charge is 1.00 e. The summed E-state index contributed by atoms with van der Waals surface area (Å²) in [4.78, 5) is 10.6. The van der Waals surface area contributed by atoms with Crippen LogP contribution in [0.15, 0.2) is 12.2 Å². The predicted molar refractivity (Wildman–Crippen MR) is 42.8 cm³/mol. The van der Waals surface area contributed by atoms with E-state index in [1.165, 1.54) is 0 Å². The van der Waals surface area contributed by atoms with Crippen LogP contribution in [0.2, 0.25) is 0 Å². The topological polar surface area (TPSA) is 26.3 Å². The van der Waals surface area contributed by atoms with Gasteiger partial charge in [-0.1, -0.05) is 6.58 Å². The van der Waals surface area contributed by atoms with Crippen LogP contribution in [0.1, 0.15) is 8.35 Å². The molecule has 0 aliphatic rings. The Morgan fingerprint density at radius 2 is 1.71 bits per heavy atom. The van der Waals surface area contributed by atoms with Gasteiger partial charge in [-0.05, 0) is 6.92 Å². The number of ether oxygens (including phenoxy) is 1. The van der Waals surface area contributed by atoms with Gasteiger partial charge in [-0.2, -0.15) is 13.2 Å². The van der Waals surface area contributed by atoms with Crippen molar-refractivity contribution in [3.05, 3.63) is 12.2 Å². The molecule has 17 heavy (non-hydrogen) atoms. The van der Waals surface area contributed by atoms with Crippen molar-refractivity contribution < 1.29 is 66.9 Å². The largest absolute Gasteiger partial charge is 1.00 e. The maximum absolute atomic E-state index is 12.6. The second-order valence-electron chi connectivity index (χ2n) is 2.91. The van der Waals surface area contributed by atoms with E-state index in [9.17, 15) is 31.1 Å². The van der Waals surface area contributed by atoms with E-state index >= 15 is 0 Å². The van der Waals surface area contributed by atoms with Gasteiger partial charge >= 0.3 is 47.8 Å². The third-order valence-corrected chi connectivity index (χ3v) is 1.45. The first kappa shape index (κ1) is 19.1. The Bertz CT molecular complexity index is 289. The van der Waals surface area contributed by atoms with Gasteiger partial charge in [0.15, 0.2) is 0 Å². The Hall–Kier alpha value is -0.210. The third-order valence-electron chi connectivity index (χ3n) is 1.45. The maximum atomic E-state index is 12.6. The molecule has 0 radical (unpaired) electrons. The molecule has 0 aromatic carbocycles. The fourth-order valence-electron chi connectivity index (χ4n) is 0.566. The van der Waals surface area contributed by atoms with Crippen molar-refractivity contribution in [2.75, 3.05) is 0 Å². The van der Waals surface area contributed by atoms with Crippen LogP contribution in [0.5, 0.6) is 0 Å². The van der Waals surface area contributed by atoms with Gasteiger partial charge < -0.3 is 6.16 Å². The number of hydrogen-bond acceptors (Lipinski definition) is 2. The molecule has 0 bridgehead atoms. The molecule has 2 nitrogen and oxygen atoms in total. The van der Waals surface area contributed by atoms with Crippen molar-refractivity contribution in [3.8, 4) is 0 Å². The Balaban J connectivity index is -0.00000112. The summed E-state index contributed by atoms with van der Waals surface area (Å²) in [5, 5.41) is 0. The van der Waals surface area contributed by atoms with Gasteiger partial charge in [0.25, 0.3) is 6.43 Å². The molecule has 96 valence electrons. The summed E-state index contributed by atoms with van der Waals surface area (Å²) in [6.07, 6.45) is -11.9. The molecule has 2 unspecified atom stereocenters. The Morgan fingerprint density at radius 1 is 1.29 bits per heavy atom. The number of alkyl halides is 6. The normalized spacial score (nSPS) is 14.8. The summed E-state index contributed by atoms with van der Waals surface area (Å²) >= 11 is 0. The number of hydrogen-bond donors (Lipinski definition) is 0. The first-order valence-electron chi connectivity index (χ1n) is 3.91. The minimum absolute atomic E-state index is 0. The molecule has 0 fully saturated rings. The average molecular weight is 274 g/mol. The third kappa shape index (κ3) is 5.31. The van der Waals surface area contributed by atoms with Crippen LogP contribution in [0, 0.1) is 0 Å². The van der Waals surface area contributed by atoms with Crippen LogP contribution < -0.4 is 29.6 Å². The van der Waals surface area contributed by atoms with E-state index in [1.54, 1.807) is 0 Å². The molecule has 0 saturated heterocycles. The van der Waals surface area contributed by atoms with Crippen molar-refractivity contribution in [2.45, 2.75) is 31.8 Å². The quantitative estimate of drug-likeness (QED) is 0.299. The van der Waals surface area contributed by atoms with Gasteiger partial charge in [0.05, 0.1) is 0 Å². The van der Waals surface area contributed by atoms with Crippen LogP contribution in [0.3, 0.4) is 0 Å². The van der Waals surface area contributed by atoms with E-state index in [0.717, 1.165) is 6.92 Å². The van der Waals surface area contributed by atoms with Gasteiger partial charge in [0, 0.05) is 5.57 Å². The van der Waals surface area contributed by atoms with E-state index in [2.05, 4.69) is 11.3 Å². The van der Waals surface area contributed by atoms with Crippen molar-refractivity contribution in [3.63, 3.8) is 0 Å². The van der Waals surface area contributed by atoms with Crippen LogP contribution >= 0.6 is 0 Å². The van der Waals surface area contributed by atoms with E-state index in [4.69, 9.17) is 0 Å². The molecule has 0 rings (SSSR count). The van der Waals surface area contributed by atoms with Gasteiger partial charge in [-0.25, -0.2) is 18.0 Å². The monoisotopic (exact) mass is 274 g/mol. The molecule has 0 aliphatic carbocycles. The number of esters is 1. The Kier molecular flexibility index (Phi) is 8.19. The number of carbonyl (C=O) groups is 1. The zero-order valence-electron chi connectivity index (χ0n) is 10.0. The van der Waals surface area contributed by atoms with Crippen LogP contribution in [0.25, 0.3) is 0 Å². The summed E-state index contributed by atoms with van der Waals surface area (Å²) in [5.74, 6) is -6.67. The molecule has 0 aliphatic heterocycles. The molecule has 2 atom stereocenters.